The van der Waals surface area contributed by atoms with Gasteiger partial charge in [0.15, 0.2) is 0 Å². The van der Waals surface area contributed by atoms with Crippen molar-refractivity contribution in [3.63, 3.8) is 0 Å². The van der Waals surface area contributed by atoms with Crippen LogP contribution in [0.15, 0.2) is 42.7 Å². The molecule has 0 fully saturated rings. The van der Waals surface area contributed by atoms with Crippen molar-refractivity contribution < 1.29 is 4.79 Å². The van der Waals surface area contributed by atoms with Gasteiger partial charge in [0.2, 0.25) is 0 Å². The van der Waals surface area contributed by atoms with E-state index in [0.29, 0.717) is 6.54 Å². The highest BCUT2D eigenvalue weighted by Gasteiger charge is 2.16. The van der Waals surface area contributed by atoms with Crippen LogP contribution in [0.5, 0.6) is 0 Å². The highest BCUT2D eigenvalue weighted by molar-refractivity contribution is 5.94. The Labute approximate surface area is 142 Å². The van der Waals surface area contributed by atoms with Gasteiger partial charge in [-0.1, -0.05) is 6.07 Å². The average molecular weight is 340 g/mol. The van der Waals surface area contributed by atoms with Gasteiger partial charge in [0.05, 0.1) is 0 Å². The number of carbonyl (C=O) groups is 1. The minimum absolute atomic E-state index is 0. The first-order valence-corrected chi connectivity index (χ1v) is 6.75. The molecule has 1 aromatic heterocycles. The lowest BCUT2D eigenvalue weighted by atomic mass is 10.1. The molecule has 2 aromatic rings. The number of nitrogens with one attached hydrogen (secondary N) is 1. The zero-order chi connectivity index (χ0) is 13.9. The molecular weight excluding hydrogens is 321 g/mol. The predicted molar refractivity (Wildman–Crippen MR) is 93.2 cm³/mol. The van der Waals surface area contributed by atoms with Crippen LogP contribution >= 0.6 is 24.8 Å². The molecule has 2 heterocycles. The Balaban J connectivity index is 0.00000121. The van der Waals surface area contributed by atoms with Crippen molar-refractivity contribution in [3.8, 4) is 0 Å². The molecule has 22 heavy (non-hydrogen) atoms. The van der Waals surface area contributed by atoms with Crippen molar-refractivity contribution in [1.29, 1.82) is 0 Å². The van der Waals surface area contributed by atoms with Gasteiger partial charge in [0.1, 0.15) is 0 Å². The number of pyridine rings is 1. The molecular formula is C16H19Cl2N3O. The maximum Gasteiger partial charge on any atom is 0.253 e. The van der Waals surface area contributed by atoms with E-state index in [4.69, 9.17) is 0 Å². The lowest BCUT2D eigenvalue weighted by molar-refractivity contribution is 0.0785. The van der Waals surface area contributed by atoms with E-state index in [1.165, 1.54) is 5.56 Å². The molecule has 1 aromatic carbocycles. The Morgan fingerprint density at radius 2 is 2.14 bits per heavy atom. The monoisotopic (exact) mass is 339 g/mol. The molecule has 0 unspecified atom stereocenters. The van der Waals surface area contributed by atoms with E-state index in [1.807, 2.05) is 37.4 Å². The van der Waals surface area contributed by atoms with Gasteiger partial charge in [-0.15, -0.1) is 24.8 Å². The second-order valence-electron chi connectivity index (χ2n) is 5.07. The number of rotatable bonds is 3. The van der Waals surface area contributed by atoms with Gasteiger partial charge in [-0.3, -0.25) is 9.78 Å². The molecule has 1 aliphatic heterocycles. The fourth-order valence-electron chi connectivity index (χ4n) is 2.50. The fourth-order valence-corrected chi connectivity index (χ4v) is 2.50. The summed E-state index contributed by atoms with van der Waals surface area (Å²) in [6.45, 7) is 1.53. The van der Waals surface area contributed by atoms with Gasteiger partial charge in [-0.05, 0) is 41.8 Å². The lowest BCUT2D eigenvalue weighted by Crippen LogP contribution is -2.26. The predicted octanol–water partition coefficient (Wildman–Crippen LogP) is 3.17. The topological polar surface area (TPSA) is 45.2 Å². The zero-order valence-electron chi connectivity index (χ0n) is 12.3. The van der Waals surface area contributed by atoms with Crippen LogP contribution in [0.1, 0.15) is 21.5 Å². The second kappa shape index (κ2) is 8.01. The van der Waals surface area contributed by atoms with E-state index in [-0.39, 0.29) is 30.7 Å². The number of anilines is 1. The van der Waals surface area contributed by atoms with Crippen LogP contribution in [-0.4, -0.2) is 29.4 Å². The summed E-state index contributed by atoms with van der Waals surface area (Å²) in [5.74, 6) is 0.0450. The smallest absolute Gasteiger partial charge is 0.253 e. The van der Waals surface area contributed by atoms with Crippen molar-refractivity contribution in [3.05, 3.63) is 59.4 Å². The standard InChI is InChI=1S/C16H17N3O.2ClH/c1-19(11-12-3-2-7-17-10-12)16(20)14-4-5-15-13(9-14)6-8-18-15;;/h2-5,7,9-10,18H,6,8,11H2,1H3;2*1H. The lowest BCUT2D eigenvalue weighted by Gasteiger charge is -2.17. The fraction of sp³-hybridized carbons (Fsp3) is 0.250. The normalized spacial score (nSPS) is 11.5. The minimum Gasteiger partial charge on any atom is -0.384 e. The number of nitrogens with zero attached hydrogens (tertiary/aromatic N) is 2. The number of fused-ring (bicyclic) bond motifs is 1. The summed E-state index contributed by atoms with van der Waals surface area (Å²) in [7, 11) is 1.82. The Hall–Kier alpha value is -1.78. The van der Waals surface area contributed by atoms with E-state index >= 15 is 0 Å². The number of amides is 1. The maximum absolute atomic E-state index is 12.4. The molecule has 118 valence electrons. The third-order valence-electron chi connectivity index (χ3n) is 3.55. The first-order valence-electron chi connectivity index (χ1n) is 6.75. The molecule has 1 N–H and O–H groups in total. The molecule has 0 radical (unpaired) electrons. The van der Waals surface area contributed by atoms with Gasteiger partial charge in [0.25, 0.3) is 5.91 Å². The number of aromatic nitrogens is 1. The van der Waals surface area contributed by atoms with Crippen LogP contribution in [-0.2, 0) is 13.0 Å². The number of carbonyl (C=O) groups excluding carboxylic acids is 1. The summed E-state index contributed by atoms with van der Waals surface area (Å²) in [6, 6.07) is 9.74. The molecule has 0 spiro atoms. The van der Waals surface area contributed by atoms with Crippen molar-refractivity contribution in [1.82, 2.24) is 9.88 Å². The van der Waals surface area contributed by atoms with Crippen LogP contribution in [0.3, 0.4) is 0 Å². The Morgan fingerprint density at radius 1 is 1.32 bits per heavy atom. The molecule has 0 saturated heterocycles. The van der Waals surface area contributed by atoms with Gasteiger partial charge in [0, 0.05) is 43.8 Å². The molecule has 6 heteroatoms. The number of benzene rings is 1. The summed E-state index contributed by atoms with van der Waals surface area (Å²) in [5.41, 5.74) is 4.16. The Kier molecular flexibility index (Phi) is 6.65. The number of hydrogen-bond acceptors (Lipinski definition) is 3. The van der Waals surface area contributed by atoms with Crippen molar-refractivity contribution in [2.24, 2.45) is 0 Å². The number of halogens is 2. The van der Waals surface area contributed by atoms with Crippen molar-refractivity contribution in [2.45, 2.75) is 13.0 Å². The molecule has 1 aliphatic rings. The summed E-state index contributed by atoms with van der Waals surface area (Å²) in [6.07, 6.45) is 4.51. The molecule has 0 atom stereocenters. The first-order chi connectivity index (χ1) is 9.74. The van der Waals surface area contributed by atoms with E-state index < -0.39 is 0 Å². The number of hydrogen-bond donors (Lipinski definition) is 1. The average Bonchev–Trinajstić information content (AvgIpc) is 2.94. The molecule has 0 aliphatic carbocycles. The van der Waals surface area contributed by atoms with E-state index in [2.05, 4.69) is 10.3 Å². The van der Waals surface area contributed by atoms with Crippen molar-refractivity contribution >= 4 is 36.4 Å². The minimum atomic E-state index is 0. The van der Waals surface area contributed by atoms with Gasteiger partial charge in [-0.25, -0.2) is 0 Å². The van der Waals surface area contributed by atoms with Crippen LogP contribution in [0.4, 0.5) is 5.69 Å². The quantitative estimate of drug-likeness (QED) is 0.934. The third kappa shape index (κ3) is 3.90. The third-order valence-corrected chi connectivity index (χ3v) is 3.55. The van der Waals surface area contributed by atoms with Crippen LogP contribution in [0, 0.1) is 0 Å². The highest BCUT2D eigenvalue weighted by atomic mass is 35.5. The Bertz CT molecular complexity index is 635. The van der Waals surface area contributed by atoms with E-state index in [0.717, 1.165) is 29.8 Å². The van der Waals surface area contributed by atoms with E-state index in [1.54, 1.807) is 17.3 Å². The first kappa shape index (κ1) is 18.3. The van der Waals surface area contributed by atoms with Crippen molar-refractivity contribution in [2.75, 3.05) is 18.9 Å². The molecule has 1 amide bonds. The summed E-state index contributed by atoms with van der Waals surface area (Å²) in [4.78, 5) is 18.2. The SMILES string of the molecule is CN(Cc1cccnc1)C(=O)c1ccc2c(c1)CCN2.Cl.Cl. The summed E-state index contributed by atoms with van der Waals surface area (Å²) < 4.78 is 0. The van der Waals surface area contributed by atoms with Crippen LogP contribution in [0.2, 0.25) is 0 Å². The van der Waals surface area contributed by atoms with Gasteiger partial charge >= 0.3 is 0 Å². The van der Waals surface area contributed by atoms with Crippen LogP contribution < -0.4 is 5.32 Å². The Morgan fingerprint density at radius 3 is 2.86 bits per heavy atom. The molecule has 3 rings (SSSR count). The summed E-state index contributed by atoms with van der Waals surface area (Å²) in [5, 5.41) is 3.30. The molecule has 4 nitrogen and oxygen atoms in total. The van der Waals surface area contributed by atoms with Gasteiger partial charge < -0.3 is 10.2 Å². The van der Waals surface area contributed by atoms with Gasteiger partial charge in [-0.2, -0.15) is 0 Å². The maximum atomic E-state index is 12.4. The second-order valence-corrected chi connectivity index (χ2v) is 5.07. The largest absolute Gasteiger partial charge is 0.384 e. The van der Waals surface area contributed by atoms with Crippen LogP contribution in [0.25, 0.3) is 0 Å². The molecule has 0 bridgehead atoms. The summed E-state index contributed by atoms with van der Waals surface area (Å²) >= 11 is 0. The molecule has 0 saturated carbocycles. The van der Waals surface area contributed by atoms with E-state index in [9.17, 15) is 4.79 Å². The zero-order valence-corrected chi connectivity index (χ0v) is 13.9. The highest BCUT2D eigenvalue weighted by Crippen LogP contribution is 2.23.